The van der Waals surface area contributed by atoms with Gasteiger partial charge in [-0.2, -0.15) is 4.98 Å². The Morgan fingerprint density at radius 2 is 1.90 bits per heavy atom. The van der Waals surface area contributed by atoms with E-state index in [0.29, 0.717) is 17.9 Å². The van der Waals surface area contributed by atoms with Gasteiger partial charge in [-0.25, -0.2) is 13.1 Å². The molecule has 0 radical (unpaired) electrons. The smallest absolute Gasteiger partial charge is 0.227 e. The average molecular weight is 297 g/mol. The van der Waals surface area contributed by atoms with E-state index in [9.17, 15) is 8.42 Å². The molecule has 1 heterocycles. The molecule has 2 aromatic rings. The molecule has 0 aliphatic heterocycles. The van der Waals surface area contributed by atoms with Crippen LogP contribution in [0.1, 0.15) is 17.0 Å². The molecule has 108 valence electrons. The molecule has 0 unspecified atom stereocenters. The van der Waals surface area contributed by atoms with Crippen LogP contribution in [0.3, 0.4) is 0 Å². The third kappa shape index (κ3) is 4.41. The third-order valence-electron chi connectivity index (χ3n) is 2.63. The normalized spacial score (nSPS) is 11.7. The van der Waals surface area contributed by atoms with E-state index in [2.05, 4.69) is 14.9 Å². The van der Waals surface area contributed by atoms with E-state index in [-0.39, 0.29) is 18.9 Å². The summed E-state index contributed by atoms with van der Waals surface area (Å²) in [6, 6.07) is 6.76. The molecule has 1 aromatic carbocycles. The summed E-state index contributed by atoms with van der Waals surface area (Å²) in [5.74, 6) is 0.280. The van der Waals surface area contributed by atoms with Gasteiger partial charge < -0.3 is 9.63 Å². The molecule has 2 rings (SSSR count). The molecule has 20 heavy (non-hydrogen) atoms. The Morgan fingerprint density at radius 1 is 1.20 bits per heavy atom. The number of nitrogens with zero attached hydrogens (tertiary/aromatic N) is 2. The summed E-state index contributed by atoms with van der Waals surface area (Å²) in [6.45, 7) is 0.148. The molecule has 0 aliphatic rings. The molecule has 2 N–H and O–H groups in total. The Hall–Kier alpha value is -1.77. The number of hydrogen-bond donors (Lipinski definition) is 2. The average Bonchev–Trinajstić information content (AvgIpc) is 2.92. The number of hydrogen-bond acceptors (Lipinski definition) is 6. The van der Waals surface area contributed by atoms with Gasteiger partial charge >= 0.3 is 0 Å². The van der Waals surface area contributed by atoms with Crippen molar-refractivity contribution in [3.8, 4) is 0 Å². The maximum Gasteiger partial charge on any atom is 0.227 e. The summed E-state index contributed by atoms with van der Waals surface area (Å²) < 4.78 is 31.0. The SMILES string of the molecule is O=S(=O)(Cc1ccc(CO)cc1)NCCc1ncno1. The summed E-state index contributed by atoms with van der Waals surface area (Å²) in [6.07, 6.45) is 1.62. The van der Waals surface area contributed by atoms with Crippen LogP contribution < -0.4 is 4.72 Å². The van der Waals surface area contributed by atoms with Gasteiger partial charge in [-0.1, -0.05) is 29.4 Å². The number of aliphatic hydroxyl groups is 1. The second-order valence-corrected chi connectivity index (χ2v) is 6.02. The molecule has 0 bridgehead atoms. The zero-order chi connectivity index (χ0) is 14.4. The molecule has 1 aromatic heterocycles. The van der Waals surface area contributed by atoms with Crippen LogP contribution in [0.15, 0.2) is 35.1 Å². The molecule has 0 amide bonds. The van der Waals surface area contributed by atoms with Crippen molar-refractivity contribution in [2.75, 3.05) is 6.54 Å². The van der Waals surface area contributed by atoms with Gasteiger partial charge in [-0.3, -0.25) is 0 Å². The zero-order valence-electron chi connectivity index (χ0n) is 10.7. The van der Waals surface area contributed by atoms with Crippen LogP contribution >= 0.6 is 0 Å². The van der Waals surface area contributed by atoms with E-state index in [0.717, 1.165) is 5.56 Å². The Kier molecular flexibility index (Phi) is 4.83. The van der Waals surface area contributed by atoms with E-state index in [1.165, 1.54) is 6.33 Å². The van der Waals surface area contributed by atoms with Gasteiger partial charge in [0.15, 0.2) is 6.33 Å². The van der Waals surface area contributed by atoms with Gasteiger partial charge in [0, 0.05) is 13.0 Å². The lowest BCUT2D eigenvalue weighted by Crippen LogP contribution is -2.27. The first kappa shape index (κ1) is 14.6. The Bertz CT molecular complexity index is 623. The van der Waals surface area contributed by atoms with Crippen LogP contribution in [0.4, 0.5) is 0 Å². The summed E-state index contributed by atoms with van der Waals surface area (Å²) in [7, 11) is -3.41. The first-order valence-corrected chi connectivity index (χ1v) is 7.66. The highest BCUT2D eigenvalue weighted by molar-refractivity contribution is 7.88. The third-order valence-corrected chi connectivity index (χ3v) is 3.99. The molecule has 0 fully saturated rings. The number of sulfonamides is 1. The second kappa shape index (κ2) is 6.60. The zero-order valence-corrected chi connectivity index (χ0v) is 11.5. The minimum atomic E-state index is -3.41. The molecule has 0 aliphatic carbocycles. The maximum absolute atomic E-state index is 11.9. The van der Waals surface area contributed by atoms with Gasteiger partial charge in [0.25, 0.3) is 0 Å². The largest absolute Gasteiger partial charge is 0.392 e. The van der Waals surface area contributed by atoms with Crippen molar-refractivity contribution in [2.45, 2.75) is 18.8 Å². The first-order chi connectivity index (χ1) is 9.59. The van der Waals surface area contributed by atoms with Crippen molar-refractivity contribution in [3.05, 3.63) is 47.6 Å². The Labute approximate surface area is 116 Å². The standard InChI is InChI=1S/C12H15N3O4S/c16-7-10-1-3-11(4-2-10)8-20(17,18)15-6-5-12-13-9-14-19-12/h1-4,9,15-16H,5-8H2. The lowest BCUT2D eigenvalue weighted by atomic mass is 10.2. The van der Waals surface area contributed by atoms with Crippen LogP contribution in [-0.2, 0) is 28.8 Å². The Morgan fingerprint density at radius 3 is 2.50 bits per heavy atom. The molecule has 0 saturated carbocycles. The Balaban J connectivity index is 1.86. The number of nitrogens with one attached hydrogen (secondary N) is 1. The van der Waals surface area contributed by atoms with Gasteiger partial charge in [-0.15, -0.1) is 0 Å². The molecule has 0 spiro atoms. The predicted molar refractivity (Wildman–Crippen MR) is 71.0 cm³/mol. The van der Waals surface area contributed by atoms with Crippen molar-refractivity contribution in [3.63, 3.8) is 0 Å². The van der Waals surface area contributed by atoms with Gasteiger partial charge in [0.1, 0.15) is 0 Å². The van der Waals surface area contributed by atoms with Crippen molar-refractivity contribution in [1.29, 1.82) is 0 Å². The highest BCUT2D eigenvalue weighted by Gasteiger charge is 2.11. The number of rotatable bonds is 7. The first-order valence-electron chi connectivity index (χ1n) is 6.00. The van der Waals surface area contributed by atoms with E-state index >= 15 is 0 Å². The lowest BCUT2D eigenvalue weighted by molar-refractivity contribution is 0.282. The number of aromatic nitrogens is 2. The lowest BCUT2D eigenvalue weighted by Gasteiger charge is -2.06. The van der Waals surface area contributed by atoms with Crippen molar-refractivity contribution >= 4 is 10.0 Å². The quantitative estimate of drug-likeness (QED) is 0.757. The summed E-state index contributed by atoms with van der Waals surface area (Å²) in [5, 5.41) is 12.4. The van der Waals surface area contributed by atoms with Crippen LogP contribution in [0.25, 0.3) is 0 Å². The molecule has 0 saturated heterocycles. The fourth-order valence-corrected chi connectivity index (χ4v) is 2.78. The summed E-state index contributed by atoms with van der Waals surface area (Å²) >= 11 is 0. The number of benzene rings is 1. The van der Waals surface area contributed by atoms with Crippen molar-refractivity contribution < 1.29 is 18.0 Å². The van der Waals surface area contributed by atoms with Crippen LogP contribution in [-0.4, -0.2) is 30.2 Å². The van der Waals surface area contributed by atoms with E-state index in [1.807, 2.05) is 0 Å². The van der Waals surface area contributed by atoms with Crippen LogP contribution in [0, 0.1) is 0 Å². The van der Waals surface area contributed by atoms with E-state index < -0.39 is 10.0 Å². The molecule has 8 heteroatoms. The highest BCUT2D eigenvalue weighted by atomic mass is 32.2. The predicted octanol–water partition coefficient (Wildman–Crippen LogP) is 0.224. The summed E-state index contributed by atoms with van der Waals surface area (Å²) in [5.41, 5.74) is 1.41. The summed E-state index contributed by atoms with van der Waals surface area (Å²) in [4.78, 5) is 3.80. The van der Waals surface area contributed by atoms with Gasteiger partial charge in [0.2, 0.25) is 15.9 Å². The van der Waals surface area contributed by atoms with Gasteiger partial charge in [0.05, 0.1) is 12.4 Å². The monoisotopic (exact) mass is 297 g/mol. The minimum absolute atomic E-state index is 0.0601. The second-order valence-electron chi connectivity index (χ2n) is 4.21. The van der Waals surface area contributed by atoms with E-state index in [4.69, 9.17) is 9.63 Å². The molecular weight excluding hydrogens is 282 g/mol. The van der Waals surface area contributed by atoms with E-state index in [1.54, 1.807) is 24.3 Å². The number of aliphatic hydroxyl groups excluding tert-OH is 1. The highest BCUT2D eigenvalue weighted by Crippen LogP contribution is 2.07. The van der Waals surface area contributed by atoms with Crippen LogP contribution in [0.5, 0.6) is 0 Å². The van der Waals surface area contributed by atoms with Crippen molar-refractivity contribution in [1.82, 2.24) is 14.9 Å². The topological polar surface area (TPSA) is 105 Å². The molecular formula is C12H15N3O4S. The van der Waals surface area contributed by atoms with Gasteiger partial charge in [-0.05, 0) is 11.1 Å². The minimum Gasteiger partial charge on any atom is -0.392 e. The van der Waals surface area contributed by atoms with Crippen molar-refractivity contribution in [2.24, 2.45) is 0 Å². The maximum atomic E-state index is 11.9. The molecule has 0 atom stereocenters. The molecule has 7 nitrogen and oxygen atoms in total. The fraction of sp³-hybridized carbons (Fsp3) is 0.333. The fourth-order valence-electron chi connectivity index (χ4n) is 1.63. The van der Waals surface area contributed by atoms with Crippen LogP contribution in [0.2, 0.25) is 0 Å².